The summed E-state index contributed by atoms with van der Waals surface area (Å²) >= 11 is 4.97. The van der Waals surface area contributed by atoms with Crippen LogP contribution in [0.3, 0.4) is 0 Å². The molecule has 0 spiro atoms. The van der Waals surface area contributed by atoms with Crippen molar-refractivity contribution in [2.75, 3.05) is 0 Å². The highest BCUT2D eigenvalue weighted by Crippen LogP contribution is 2.15. The molecule has 0 unspecified atom stereocenters. The van der Waals surface area contributed by atoms with E-state index in [1.165, 1.54) is 0 Å². The third-order valence-electron chi connectivity index (χ3n) is 2.69. The Morgan fingerprint density at radius 1 is 1.17 bits per heavy atom. The molecule has 2 N–H and O–H groups in total. The number of pyridine rings is 1. The van der Waals surface area contributed by atoms with Gasteiger partial charge < -0.3 is 5.73 Å². The Bertz CT molecular complexity index is 732. The van der Waals surface area contributed by atoms with Crippen LogP contribution in [0.2, 0.25) is 0 Å². The van der Waals surface area contributed by atoms with Gasteiger partial charge >= 0.3 is 0 Å². The number of para-hydroxylation sites is 1. The number of rotatable bonds is 2. The molecule has 2 aromatic heterocycles. The zero-order chi connectivity index (χ0) is 12.5. The maximum atomic E-state index is 5.63. The van der Waals surface area contributed by atoms with E-state index in [-0.39, 0.29) is 4.99 Å². The number of nitrogens with two attached hydrogens (primary N) is 1. The number of benzene rings is 1. The van der Waals surface area contributed by atoms with Crippen molar-refractivity contribution in [3.8, 4) is 5.82 Å². The molecule has 0 amide bonds. The van der Waals surface area contributed by atoms with Crippen LogP contribution in [0.5, 0.6) is 0 Å². The summed E-state index contributed by atoms with van der Waals surface area (Å²) in [5, 5.41) is 1.10. The van der Waals surface area contributed by atoms with E-state index in [2.05, 4.69) is 9.97 Å². The second-order valence-corrected chi connectivity index (χ2v) is 4.29. The van der Waals surface area contributed by atoms with Gasteiger partial charge in [0.25, 0.3) is 0 Å². The number of hydrogen-bond donors (Lipinski definition) is 1. The summed E-state index contributed by atoms with van der Waals surface area (Å²) in [6.07, 6.45) is 3.46. The topological polar surface area (TPSA) is 56.7 Å². The van der Waals surface area contributed by atoms with E-state index in [9.17, 15) is 0 Å². The molecule has 3 rings (SSSR count). The van der Waals surface area contributed by atoms with E-state index in [4.69, 9.17) is 18.0 Å². The molecule has 0 saturated carbocycles. The lowest BCUT2D eigenvalue weighted by atomic mass is 10.2. The van der Waals surface area contributed by atoms with Crippen molar-refractivity contribution >= 4 is 28.1 Å². The first-order chi connectivity index (χ1) is 8.75. The van der Waals surface area contributed by atoms with Crippen molar-refractivity contribution in [2.24, 2.45) is 5.73 Å². The van der Waals surface area contributed by atoms with Gasteiger partial charge in [-0.25, -0.2) is 9.97 Å². The number of thiocarbonyl (C=S) groups is 1. The predicted octanol–water partition coefficient (Wildman–Crippen LogP) is 2.05. The molecular weight excluding hydrogens is 244 g/mol. The van der Waals surface area contributed by atoms with Gasteiger partial charge in [-0.15, -0.1) is 0 Å². The predicted molar refractivity (Wildman–Crippen MR) is 74.8 cm³/mol. The van der Waals surface area contributed by atoms with Crippen molar-refractivity contribution in [2.45, 2.75) is 0 Å². The van der Waals surface area contributed by atoms with Crippen LogP contribution in [0.25, 0.3) is 16.7 Å². The van der Waals surface area contributed by atoms with Crippen molar-refractivity contribution in [3.05, 3.63) is 54.6 Å². The molecule has 0 aliphatic heterocycles. The number of imidazole rings is 1. The van der Waals surface area contributed by atoms with Crippen molar-refractivity contribution in [1.29, 1.82) is 0 Å². The molecule has 18 heavy (non-hydrogen) atoms. The second kappa shape index (κ2) is 4.19. The van der Waals surface area contributed by atoms with Crippen LogP contribution in [0, 0.1) is 0 Å². The first kappa shape index (κ1) is 10.9. The molecule has 2 heterocycles. The maximum absolute atomic E-state index is 5.63. The summed E-state index contributed by atoms with van der Waals surface area (Å²) in [6.45, 7) is 0. The standard InChI is InChI=1S/C13H10N4S/c14-12(18)13-15-7-8-17(13)11-6-5-9-3-1-2-4-10(9)16-11/h1-8H,(H2,14,18). The number of aromatic nitrogens is 3. The Morgan fingerprint density at radius 2 is 2.00 bits per heavy atom. The van der Waals surface area contributed by atoms with E-state index in [1.54, 1.807) is 17.0 Å². The third kappa shape index (κ3) is 1.74. The van der Waals surface area contributed by atoms with Crippen LogP contribution >= 0.6 is 12.2 Å². The Kier molecular flexibility index (Phi) is 2.53. The SMILES string of the molecule is NC(=S)c1nccn1-c1ccc2ccccc2n1. The summed E-state index contributed by atoms with van der Waals surface area (Å²) in [7, 11) is 0. The lowest BCUT2D eigenvalue weighted by molar-refractivity contribution is 0.989. The molecule has 88 valence electrons. The molecule has 0 bridgehead atoms. The van der Waals surface area contributed by atoms with Gasteiger partial charge in [0.2, 0.25) is 0 Å². The minimum atomic E-state index is 0.259. The number of fused-ring (bicyclic) bond motifs is 1. The Balaban J connectivity index is 2.19. The fourth-order valence-electron chi connectivity index (χ4n) is 1.86. The third-order valence-corrected chi connectivity index (χ3v) is 2.87. The molecule has 0 fully saturated rings. The van der Waals surface area contributed by atoms with Gasteiger partial charge in [0, 0.05) is 17.8 Å². The second-order valence-electron chi connectivity index (χ2n) is 3.85. The molecule has 0 radical (unpaired) electrons. The molecule has 0 aliphatic rings. The largest absolute Gasteiger partial charge is 0.387 e. The van der Waals surface area contributed by atoms with Crippen LogP contribution in [0.15, 0.2) is 48.8 Å². The zero-order valence-corrected chi connectivity index (χ0v) is 10.3. The van der Waals surface area contributed by atoms with E-state index in [1.807, 2.05) is 36.4 Å². The highest BCUT2D eigenvalue weighted by atomic mass is 32.1. The van der Waals surface area contributed by atoms with Crippen molar-refractivity contribution < 1.29 is 0 Å². The van der Waals surface area contributed by atoms with Crippen molar-refractivity contribution in [3.63, 3.8) is 0 Å². The van der Waals surface area contributed by atoms with Gasteiger partial charge in [-0.1, -0.05) is 30.4 Å². The summed E-state index contributed by atoms with van der Waals surface area (Å²) in [6, 6.07) is 11.9. The first-order valence-corrected chi connectivity index (χ1v) is 5.86. The molecule has 0 atom stereocenters. The van der Waals surface area contributed by atoms with Crippen molar-refractivity contribution in [1.82, 2.24) is 14.5 Å². The van der Waals surface area contributed by atoms with E-state index in [0.29, 0.717) is 5.82 Å². The van der Waals surface area contributed by atoms with Gasteiger partial charge in [0.1, 0.15) is 10.8 Å². The fourth-order valence-corrected chi connectivity index (χ4v) is 2.01. The van der Waals surface area contributed by atoms with Gasteiger partial charge in [-0.2, -0.15) is 0 Å². The molecule has 0 saturated heterocycles. The average molecular weight is 254 g/mol. The minimum absolute atomic E-state index is 0.259. The van der Waals surface area contributed by atoms with Gasteiger partial charge in [-0.05, 0) is 18.2 Å². The zero-order valence-electron chi connectivity index (χ0n) is 9.45. The molecular formula is C13H10N4S. The summed E-state index contributed by atoms with van der Waals surface area (Å²) in [5.41, 5.74) is 6.56. The Hall–Kier alpha value is -2.27. The molecule has 1 aromatic carbocycles. The van der Waals surface area contributed by atoms with Crippen LogP contribution in [0.1, 0.15) is 5.82 Å². The summed E-state index contributed by atoms with van der Waals surface area (Å²) in [4.78, 5) is 8.96. The highest BCUT2D eigenvalue weighted by molar-refractivity contribution is 7.80. The lowest BCUT2D eigenvalue weighted by Crippen LogP contribution is -2.16. The highest BCUT2D eigenvalue weighted by Gasteiger charge is 2.08. The first-order valence-electron chi connectivity index (χ1n) is 5.45. The van der Waals surface area contributed by atoms with Crippen LogP contribution < -0.4 is 5.73 Å². The number of hydrogen-bond acceptors (Lipinski definition) is 3. The van der Waals surface area contributed by atoms with Gasteiger partial charge in [-0.3, -0.25) is 4.57 Å². The Labute approximate surface area is 109 Å². The monoisotopic (exact) mass is 254 g/mol. The van der Waals surface area contributed by atoms with Gasteiger partial charge in [0.15, 0.2) is 5.82 Å². The fraction of sp³-hybridized carbons (Fsp3) is 0. The van der Waals surface area contributed by atoms with Gasteiger partial charge in [0.05, 0.1) is 5.52 Å². The maximum Gasteiger partial charge on any atom is 0.173 e. The summed E-state index contributed by atoms with van der Waals surface area (Å²) in [5.74, 6) is 1.31. The smallest absolute Gasteiger partial charge is 0.173 e. The van der Waals surface area contributed by atoms with Crippen LogP contribution in [-0.4, -0.2) is 19.5 Å². The Morgan fingerprint density at radius 3 is 2.83 bits per heavy atom. The minimum Gasteiger partial charge on any atom is -0.387 e. The molecule has 0 aliphatic carbocycles. The van der Waals surface area contributed by atoms with E-state index >= 15 is 0 Å². The molecule has 3 aromatic rings. The number of nitrogens with zero attached hydrogens (tertiary/aromatic N) is 3. The normalized spacial score (nSPS) is 10.7. The molecule has 4 nitrogen and oxygen atoms in total. The molecule has 5 heteroatoms. The van der Waals surface area contributed by atoms with Crippen LogP contribution in [0.4, 0.5) is 0 Å². The lowest BCUT2D eigenvalue weighted by Gasteiger charge is -2.06. The van der Waals surface area contributed by atoms with E-state index < -0.39 is 0 Å². The van der Waals surface area contributed by atoms with Crippen LogP contribution in [-0.2, 0) is 0 Å². The summed E-state index contributed by atoms with van der Waals surface area (Å²) < 4.78 is 1.79. The quantitative estimate of drug-likeness (QED) is 0.711. The average Bonchev–Trinajstić information content (AvgIpc) is 2.87. The van der Waals surface area contributed by atoms with E-state index in [0.717, 1.165) is 16.7 Å².